The number of hydrogen-bond donors (Lipinski definition) is 1. The molecule has 0 spiro atoms. The Hall–Kier alpha value is -3.00. The van der Waals surface area contributed by atoms with Gasteiger partial charge in [0.2, 0.25) is 0 Å². The van der Waals surface area contributed by atoms with Crippen molar-refractivity contribution < 1.29 is 13.9 Å². The van der Waals surface area contributed by atoms with Crippen molar-refractivity contribution in [3.8, 4) is 0 Å². The van der Waals surface area contributed by atoms with Crippen LogP contribution in [0.1, 0.15) is 16.7 Å². The molecule has 1 atom stereocenters. The molecule has 0 saturated carbocycles. The predicted octanol–water partition coefficient (Wildman–Crippen LogP) is 5.42. The summed E-state index contributed by atoms with van der Waals surface area (Å²) in [5, 5.41) is 16.5. The quantitative estimate of drug-likeness (QED) is 0.388. The Morgan fingerprint density at radius 3 is 2.47 bits per heavy atom. The standard InChI is InChI=1S/C23H18Cl2F2N4O/c24-18-5-2-16(3-6-18)1-4-17-9-10-30(22(17)25)12-23(32,13-31-15-28-14-29-31)20-8-7-19(26)11-21(20)27/h1-11,14-15,32H,12-13H2. The van der Waals surface area contributed by atoms with Crippen molar-refractivity contribution in [2.75, 3.05) is 0 Å². The fourth-order valence-corrected chi connectivity index (χ4v) is 3.80. The summed E-state index contributed by atoms with van der Waals surface area (Å²) in [5.74, 6) is -1.60. The highest BCUT2D eigenvalue weighted by atomic mass is 35.5. The maximum atomic E-state index is 14.6. The number of benzene rings is 2. The first kappa shape index (κ1) is 22.2. The highest BCUT2D eigenvalue weighted by molar-refractivity contribution is 6.31. The van der Waals surface area contributed by atoms with E-state index in [4.69, 9.17) is 23.2 Å². The second-order valence-electron chi connectivity index (χ2n) is 7.32. The van der Waals surface area contributed by atoms with Gasteiger partial charge in [-0.2, -0.15) is 5.10 Å². The van der Waals surface area contributed by atoms with Gasteiger partial charge in [0.15, 0.2) is 0 Å². The Kier molecular flexibility index (Phi) is 6.41. The topological polar surface area (TPSA) is 55.9 Å². The third-order valence-electron chi connectivity index (χ3n) is 5.00. The molecule has 0 amide bonds. The normalized spacial score (nSPS) is 13.5. The van der Waals surface area contributed by atoms with Gasteiger partial charge in [-0.05, 0) is 29.8 Å². The zero-order chi connectivity index (χ0) is 22.7. The third-order valence-corrected chi connectivity index (χ3v) is 5.69. The number of nitrogens with zero attached hydrogens (tertiary/aromatic N) is 4. The lowest BCUT2D eigenvalue weighted by Crippen LogP contribution is -2.37. The zero-order valence-electron chi connectivity index (χ0n) is 16.7. The van der Waals surface area contributed by atoms with Crippen LogP contribution in [0.3, 0.4) is 0 Å². The van der Waals surface area contributed by atoms with Crippen LogP contribution in [-0.4, -0.2) is 24.4 Å². The third kappa shape index (κ3) is 4.91. The first-order chi connectivity index (χ1) is 15.3. The molecule has 0 aliphatic heterocycles. The Labute approximate surface area is 193 Å². The Morgan fingerprint density at radius 2 is 1.78 bits per heavy atom. The highest BCUT2D eigenvalue weighted by Crippen LogP contribution is 2.31. The minimum Gasteiger partial charge on any atom is -0.381 e. The molecule has 2 heterocycles. The lowest BCUT2D eigenvalue weighted by Gasteiger charge is -2.30. The van der Waals surface area contributed by atoms with Gasteiger partial charge < -0.3 is 9.67 Å². The molecule has 0 fully saturated rings. The van der Waals surface area contributed by atoms with Crippen LogP contribution in [0.15, 0.2) is 67.4 Å². The van der Waals surface area contributed by atoms with Gasteiger partial charge in [-0.1, -0.05) is 53.6 Å². The Bertz CT molecular complexity index is 1240. The summed E-state index contributed by atoms with van der Waals surface area (Å²) >= 11 is 12.5. The van der Waals surface area contributed by atoms with Gasteiger partial charge in [0.25, 0.3) is 0 Å². The molecule has 1 N–H and O–H groups in total. The summed E-state index contributed by atoms with van der Waals surface area (Å²) in [7, 11) is 0. The minimum absolute atomic E-state index is 0.0718. The maximum absolute atomic E-state index is 14.6. The van der Waals surface area contributed by atoms with Crippen molar-refractivity contribution in [3.05, 3.63) is 106 Å². The van der Waals surface area contributed by atoms with Crippen molar-refractivity contribution in [1.29, 1.82) is 0 Å². The fourth-order valence-electron chi connectivity index (χ4n) is 3.43. The number of halogens is 4. The maximum Gasteiger partial charge on any atom is 0.137 e. The zero-order valence-corrected chi connectivity index (χ0v) is 18.2. The van der Waals surface area contributed by atoms with Gasteiger partial charge in [-0.15, -0.1) is 0 Å². The van der Waals surface area contributed by atoms with E-state index in [2.05, 4.69) is 10.1 Å². The van der Waals surface area contributed by atoms with E-state index in [0.29, 0.717) is 15.7 Å². The van der Waals surface area contributed by atoms with Crippen LogP contribution in [0.25, 0.3) is 12.2 Å². The molecule has 32 heavy (non-hydrogen) atoms. The van der Waals surface area contributed by atoms with E-state index in [1.165, 1.54) is 23.4 Å². The molecule has 0 bridgehead atoms. The van der Waals surface area contributed by atoms with E-state index in [-0.39, 0.29) is 18.7 Å². The smallest absolute Gasteiger partial charge is 0.137 e. The van der Waals surface area contributed by atoms with E-state index in [0.717, 1.165) is 17.7 Å². The molecule has 0 aliphatic rings. The largest absolute Gasteiger partial charge is 0.381 e. The van der Waals surface area contributed by atoms with Crippen LogP contribution in [0.5, 0.6) is 0 Å². The average molecular weight is 475 g/mol. The molecule has 4 rings (SSSR count). The van der Waals surface area contributed by atoms with E-state index in [9.17, 15) is 13.9 Å². The Morgan fingerprint density at radius 1 is 1.00 bits per heavy atom. The summed E-state index contributed by atoms with van der Waals surface area (Å²) in [6.07, 6.45) is 8.12. The van der Waals surface area contributed by atoms with Crippen molar-refractivity contribution in [1.82, 2.24) is 19.3 Å². The second kappa shape index (κ2) is 9.24. The van der Waals surface area contributed by atoms with Crippen molar-refractivity contribution >= 4 is 35.4 Å². The SMILES string of the molecule is OC(Cn1cncn1)(Cn1ccc(C=Cc2ccc(Cl)cc2)c1Cl)c1ccc(F)cc1F. The van der Waals surface area contributed by atoms with Crippen LogP contribution in [0.4, 0.5) is 8.78 Å². The molecule has 9 heteroatoms. The van der Waals surface area contributed by atoms with Crippen LogP contribution in [-0.2, 0) is 18.7 Å². The monoisotopic (exact) mass is 474 g/mol. The molecule has 2 aromatic carbocycles. The summed E-state index contributed by atoms with van der Waals surface area (Å²) < 4.78 is 31.1. The molecular weight excluding hydrogens is 457 g/mol. The van der Waals surface area contributed by atoms with E-state index < -0.39 is 17.2 Å². The molecule has 164 valence electrons. The van der Waals surface area contributed by atoms with Gasteiger partial charge >= 0.3 is 0 Å². The summed E-state index contributed by atoms with van der Waals surface area (Å²) in [6, 6.07) is 12.2. The van der Waals surface area contributed by atoms with Crippen LogP contribution < -0.4 is 0 Å². The summed E-state index contributed by atoms with van der Waals surface area (Å²) in [5.41, 5.74) is -0.193. The van der Waals surface area contributed by atoms with Crippen molar-refractivity contribution in [2.45, 2.75) is 18.7 Å². The molecule has 2 aromatic heterocycles. The lowest BCUT2D eigenvalue weighted by molar-refractivity contribution is -0.00528. The predicted molar refractivity (Wildman–Crippen MR) is 120 cm³/mol. The van der Waals surface area contributed by atoms with E-state index in [1.807, 2.05) is 24.3 Å². The molecular formula is C23H18Cl2F2N4O. The Balaban J connectivity index is 1.64. The molecule has 4 aromatic rings. The van der Waals surface area contributed by atoms with Crippen LogP contribution >= 0.6 is 23.2 Å². The first-order valence-electron chi connectivity index (χ1n) is 9.63. The van der Waals surface area contributed by atoms with Gasteiger partial charge in [-0.3, -0.25) is 0 Å². The highest BCUT2D eigenvalue weighted by Gasteiger charge is 2.34. The van der Waals surface area contributed by atoms with Crippen molar-refractivity contribution in [2.24, 2.45) is 0 Å². The average Bonchev–Trinajstić information content (AvgIpc) is 3.38. The van der Waals surface area contributed by atoms with Gasteiger partial charge in [0.1, 0.15) is 35.0 Å². The van der Waals surface area contributed by atoms with Gasteiger partial charge in [0, 0.05) is 28.4 Å². The number of aromatic nitrogens is 4. The molecule has 0 radical (unpaired) electrons. The van der Waals surface area contributed by atoms with Crippen LogP contribution in [0, 0.1) is 11.6 Å². The lowest BCUT2D eigenvalue weighted by atomic mass is 9.92. The second-order valence-corrected chi connectivity index (χ2v) is 8.12. The minimum atomic E-state index is -1.77. The number of aliphatic hydroxyl groups is 1. The molecule has 0 aliphatic carbocycles. The van der Waals surface area contributed by atoms with Gasteiger partial charge in [-0.25, -0.2) is 18.4 Å². The summed E-state index contributed by atoms with van der Waals surface area (Å²) in [4.78, 5) is 3.86. The summed E-state index contributed by atoms with van der Waals surface area (Å²) in [6.45, 7) is -0.205. The van der Waals surface area contributed by atoms with Gasteiger partial charge in [0.05, 0.1) is 13.1 Å². The number of rotatable bonds is 7. The van der Waals surface area contributed by atoms with Crippen LogP contribution in [0.2, 0.25) is 10.2 Å². The first-order valence-corrected chi connectivity index (χ1v) is 10.4. The molecule has 1 unspecified atom stereocenters. The van der Waals surface area contributed by atoms with E-state index >= 15 is 0 Å². The van der Waals surface area contributed by atoms with E-state index in [1.54, 1.807) is 29.0 Å². The fraction of sp³-hybridized carbons (Fsp3) is 0.130. The number of hydrogen-bond acceptors (Lipinski definition) is 3. The molecule has 0 saturated heterocycles. The molecule has 5 nitrogen and oxygen atoms in total. The van der Waals surface area contributed by atoms with Crippen molar-refractivity contribution in [3.63, 3.8) is 0 Å².